The Morgan fingerprint density at radius 2 is 1.76 bits per heavy atom. The molecule has 0 aromatic heterocycles. The van der Waals surface area contributed by atoms with Gasteiger partial charge >= 0.3 is 0 Å². The first kappa shape index (κ1) is 24.0. The zero-order valence-electron chi connectivity index (χ0n) is 18.0. The first-order valence-corrected chi connectivity index (χ1v) is 11.7. The number of hydrogen-bond donors (Lipinski definition) is 1. The quantitative estimate of drug-likeness (QED) is 0.370. The van der Waals surface area contributed by atoms with Crippen molar-refractivity contribution in [3.8, 4) is 0 Å². The summed E-state index contributed by atoms with van der Waals surface area (Å²) in [7, 11) is 0. The van der Waals surface area contributed by atoms with Crippen LogP contribution in [0, 0.1) is 5.82 Å². The number of rotatable bonds is 13. The third-order valence-electron chi connectivity index (χ3n) is 5.39. The molecule has 0 bridgehead atoms. The van der Waals surface area contributed by atoms with Gasteiger partial charge < -0.3 is 15.0 Å². The van der Waals surface area contributed by atoms with Gasteiger partial charge in [-0.15, -0.1) is 0 Å². The zero-order chi connectivity index (χ0) is 20.7. The van der Waals surface area contributed by atoms with Gasteiger partial charge in [0.1, 0.15) is 5.82 Å². The molecule has 1 heterocycles. The summed E-state index contributed by atoms with van der Waals surface area (Å²) in [5.74, 6) is -0.198. The Bertz CT molecular complexity index is 564. The lowest BCUT2D eigenvalue weighted by Crippen LogP contribution is -2.42. The van der Waals surface area contributed by atoms with Gasteiger partial charge in [-0.25, -0.2) is 4.39 Å². The van der Waals surface area contributed by atoms with Crippen molar-refractivity contribution in [3.05, 3.63) is 35.6 Å². The average Bonchev–Trinajstić information content (AvgIpc) is 2.74. The zero-order valence-corrected chi connectivity index (χ0v) is 18.8. The van der Waals surface area contributed by atoms with Crippen LogP contribution in [0.1, 0.15) is 57.4 Å². The van der Waals surface area contributed by atoms with Crippen molar-refractivity contribution < 1.29 is 9.13 Å². The molecule has 1 fully saturated rings. The Morgan fingerprint density at radius 3 is 2.48 bits per heavy atom. The first-order valence-electron chi connectivity index (χ1n) is 11.3. The van der Waals surface area contributed by atoms with E-state index in [2.05, 4.69) is 22.0 Å². The molecule has 1 saturated heterocycles. The molecule has 29 heavy (non-hydrogen) atoms. The number of nitrogens with zero attached hydrogens (tertiary/aromatic N) is 2. The molecular weight excluding hydrogens is 385 g/mol. The third kappa shape index (κ3) is 10.4. The van der Waals surface area contributed by atoms with E-state index in [0.717, 1.165) is 69.5 Å². The molecular formula is C23H38FN3OS. The van der Waals surface area contributed by atoms with Gasteiger partial charge in [-0.05, 0) is 42.8 Å². The molecule has 0 saturated carbocycles. The Morgan fingerprint density at radius 1 is 1.07 bits per heavy atom. The van der Waals surface area contributed by atoms with Crippen molar-refractivity contribution in [2.24, 2.45) is 0 Å². The highest BCUT2D eigenvalue weighted by molar-refractivity contribution is 7.80. The van der Waals surface area contributed by atoms with Gasteiger partial charge in [-0.3, -0.25) is 4.90 Å². The van der Waals surface area contributed by atoms with Gasteiger partial charge in [0.05, 0.1) is 13.2 Å². The minimum absolute atomic E-state index is 0.198. The van der Waals surface area contributed by atoms with E-state index in [9.17, 15) is 4.39 Å². The second kappa shape index (κ2) is 14.7. The predicted octanol–water partition coefficient (Wildman–Crippen LogP) is 4.59. The van der Waals surface area contributed by atoms with Crippen LogP contribution >= 0.6 is 12.2 Å². The monoisotopic (exact) mass is 423 g/mol. The average molecular weight is 424 g/mol. The fraction of sp³-hybridized carbons (Fsp3) is 0.696. The maximum Gasteiger partial charge on any atom is 0.169 e. The molecule has 0 unspecified atom stereocenters. The molecule has 4 nitrogen and oxygen atoms in total. The van der Waals surface area contributed by atoms with Crippen LogP contribution in [0.25, 0.3) is 0 Å². The number of hydrogen-bond acceptors (Lipinski definition) is 3. The number of benzene rings is 1. The molecule has 1 aromatic carbocycles. The molecule has 0 atom stereocenters. The summed E-state index contributed by atoms with van der Waals surface area (Å²) < 4.78 is 18.7. The minimum Gasteiger partial charge on any atom is -0.379 e. The van der Waals surface area contributed by atoms with Crippen molar-refractivity contribution in [1.82, 2.24) is 15.1 Å². The van der Waals surface area contributed by atoms with E-state index in [1.54, 1.807) is 0 Å². The minimum atomic E-state index is -0.198. The van der Waals surface area contributed by atoms with E-state index in [1.165, 1.54) is 44.2 Å². The molecule has 1 aliphatic heterocycles. The summed E-state index contributed by atoms with van der Waals surface area (Å²) in [5.41, 5.74) is 1.08. The lowest BCUT2D eigenvalue weighted by Gasteiger charge is -2.29. The number of unbranched alkanes of at least 4 members (excludes halogenated alkanes) is 5. The lowest BCUT2D eigenvalue weighted by molar-refractivity contribution is 0.0367. The van der Waals surface area contributed by atoms with Crippen LogP contribution < -0.4 is 5.32 Å². The highest BCUT2D eigenvalue weighted by atomic mass is 32.1. The number of ether oxygens (including phenoxy) is 1. The van der Waals surface area contributed by atoms with E-state index in [-0.39, 0.29) is 5.82 Å². The Kier molecular flexibility index (Phi) is 12.2. The van der Waals surface area contributed by atoms with Gasteiger partial charge in [-0.1, -0.05) is 51.2 Å². The van der Waals surface area contributed by atoms with E-state index >= 15 is 0 Å². The van der Waals surface area contributed by atoms with Crippen LogP contribution in [0.15, 0.2) is 24.3 Å². The molecule has 1 N–H and O–H groups in total. The molecule has 0 aliphatic carbocycles. The smallest absolute Gasteiger partial charge is 0.169 e. The molecule has 0 spiro atoms. The Balaban J connectivity index is 1.77. The molecule has 6 heteroatoms. The largest absolute Gasteiger partial charge is 0.379 e. The number of morpholine rings is 1. The van der Waals surface area contributed by atoms with Crippen molar-refractivity contribution in [3.63, 3.8) is 0 Å². The lowest BCUT2D eigenvalue weighted by atomic mass is 10.1. The molecule has 1 aliphatic rings. The maximum atomic E-state index is 13.2. The molecule has 0 amide bonds. The number of thiocarbonyl (C=S) groups is 1. The van der Waals surface area contributed by atoms with E-state index < -0.39 is 0 Å². The van der Waals surface area contributed by atoms with Crippen molar-refractivity contribution >= 4 is 17.3 Å². The van der Waals surface area contributed by atoms with Crippen molar-refractivity contribution in [2.75, 3.05) is 45.9 Å². The van der Waals surface area contributed by atoms with E-state index in [1.807, 2.05) is 12.1 Å². The summed E-state index contributed by atoms with van der Waals surface area (Å²) in [6, 6.07) is 6.74. The van der Waals surface area contributed by atoms with Gasteiger partial charge in [-0.2, -0.15) is 0 Å². The maximum absolute atomic E-state index is 13.2. The highest BCUT2D eigenvalue weighted by Gasteiger charge is 2.13. The van der Waals surface area contributed by atoms with Crippen LogP contribution in [0.5, 0.6) is 0 Å². The highest BCUT2D eigenvalue weighted by Crippen LogP contribution is 2.09. The fourth-order valence-electron chi connectivity index (χ4n) is 3.59. The van der Waals surface area contributed by atoms with E-state index in [4.69, 9.17) is 17.0 Å². The van der Waals surface area contributed by atoms with Crippen molar-refractivity contribution in [2.45, 2.75) is 58.4 Å². The summed E-state index contributed by atoms with van der Waals surface area (Å²) in [6.07, 6.45) is 8.72. The fourth-order valence-corrected chi connectivity index (χ4v) is 3.84. The molecule has 1 aromatic rings. The second-order valence-corrected chi connectivity index (χ2v) is 8.24. The van der Waals surface area contributed by atoms with Gasteiger partial charge in [0.2, 0.25) is 0 Å². The van der Waals surface area contributed by atoms with Crippen LogP contribution in [0.4, 0.5) is 4.39 Å². The summed E-state index contributed by atoms with van der Waals surface area (Å²) in [5, 5.41) is 4.25. The van der Waals surface area contributed by atoms with Crippen LogP contribution in [0.2, 0.25) is 0 Å². The number of halogens is 1. The third-order valence-corrected chi connectivity index (χ3v) is 5.79. The normalized spacial score (nSPS) is 14.7. The van der Waals surface area contributed by atoms with Gasteiger partial charge in [0, 0.05) is 39.3 Å². The Hall–Kier alpha value is -1.24. The van der Waals surface area contributed by atoms with E-state index in [0.29, 0.717) is 6.54 Å². The topological polar surface area (TPSA) is 27.7 Å². The molecule has 164 valence electrons. The predicted molar refractivity (Wildman–Crippen MR) is 123 cm³/mol. The molecule has 2 rings (SSSR count). The standard InChI is InChI=1S/C23H38FN3OS/c1-2-3-4-5-6-7-13-25-23(29)27(20-21-9-11-22(24)12-10-21)15-8-14-26-16-18-28-19-17-26/h9-12H,2-8,13-20H2,1H3,(H,25,29). The first-order chi connectivity index (χ1) is 14.2. The van der Waals surface area contributed by atoms with Crippen LogP contribution in [-0.2, 0) is 11.3 Å². The second-order valence-electron chi connectivity index (χ2n) is 7.86. The van der Waals surface area contributed by atoms with Crippen LogP contribution in [-0.4, -0.2) is 60.8 Å². The number of nitrogens with one attached hydrogen (secondary N) is 1. The van der Waals surface area contributed by atoms with Gasteiger partial charge in [0.15, 0.2) is 5.11 Å². The summed E-state index contributed by atoms with van der Waals surface area (Å²) in [4.78, 5) is 4.67. The van der Waals surface area contributed by atoms with Crippen LogP contribution in [0.3, 0.4) is 0 Å². The Labute approximate surface area is 181 Å². The summed E-state index contributed by atoms with van der Waals surface area (Å²) in [6.45, 7) is 9.53. The molecule has 0 radical (unpaired) electrons. The summed E-state index contributed by atoms with van der Waals surface area (Å²) >= 11 is 5.70. The van der Waals surface area contributed by atoms with Gasteiger partial charge in [0.25, 0.3) is 0 Å². The van der Waals surface area contributed by atoms with Crippen molar-refractivity contribution in [1.29, 1.82) is 0 Å². The SMILES string of the molecule is CCCCCCCCNC(=S)N(CCCN1CCOCC1)Cc1ccc(F)cc1.